The Morgan fingerprint density at radius 1 is 1.04 bits per heavy atom. The monoisotopic (exact) mass is 359 g/mol. The molecule has 2 rings (SSSR count). The zero-order valence-electron chi connectivity index (χ0n) is 14.4. The van der Waals surface area contributed by atoms with Crippen LogP contribution in [0.5, 0.6) is 5.75 Å². The molecule has 0 atom stereocenters. The van der Waals surface area contributed by atoms with Crippen molar-refractivity contribution in [3.05, 3.63) is 58.1 Å². The molecule has 0 radical (unpaired) electrons. The van der Waals surface area contributed by atoms with Gasteiger partial charge in [0, 0.05) is 6.07 Å². The molecule has 0 aliphatic heterocycles. The van der Waals surface area contributed by atoms with E-state index in [2.05, 4.69) is 0 Å². The van der Waals surface area contributed by atoms with Gasteiger partial charge >= 0.3 is 12.1 Å². The largest absolute Gasteiger partial charge is 0.514 e. The molecule has 1 N–H and O–H groups in total. The number of hydrogen-bond donors (Lipinski definition) is 1. The summed E-state index contributed by atoms with van der Waals surface area (Å²) in [6.07, 6.45) is -0.841. The van der Waals surface area contributed by atoms with Crippen molar-refractivity contribution in [1.29, 1.82) is 0 Å². The average Bonchev–Trinajstić information content (AvgIpc) is 2.53. The molecule has 0 saturated carbocycles. The predicted octanol–water partition coefficient (Wildman–Crippen LogP) is 4.27. The summed E-state index contributed by atoms with van der Waals surface area (Å²) >= 11 is 0. The maximum atomic E-state index is 11.6. The molecule has 8 nitrogen and oxygen atoms in total. The second-order valence-electron chi connectivity index (χ2n) is 6.39. The number of carboxylic acids is 1. The van der Waals surface area contributed by atoms with Crippen molar-refractivity contribution >= 4 is 17.8 Å². The van der Waals surface area contributed by atoms with Crippen LogP contribution in [0.4, 0.5) is 10.5 Å². The number of aromatic carboxylic acids is 1. The van der Waals surface area contributed by atoms with Gasteiger partial charge in [-0.05, 0) is 50.1 Å². The van der Waals surface area contributed by atoms with Gasteiger partial charge in [-0.15, -0.1) is 0 Å². The summed E-state index contributed by atoms with van der Waals surface area (Å²) in [7, 11) is 0. The van der Waals surface area contributed by atoms with Gasteiger partial charge in [0.25, 0.3) is 5.69 Å². The second-order valence-corrected chi connectivity index (χ2v) is 6.39. The van der Waals surface area contributed by atoms with Crippen LogP contribution in [0, 0.1) is 10.1 Å². The molecule has 26 heavy (non-hydrogen) atoms. The molecule has 0 saturated heterocycles. The Morgan fingerprint density at radius 2 is 1.62 bits per heavy atom. The number of carbonyl (C=O) groups is 2. The lowest BCUT2D eigenvalue weighted by atomic mass is 10.0. The third kappa shape index (κ3) is 4.79. The van der Waals surface area contributed by atoms with Gasteiger partial charge in [0.05, 0.1) is 4.92 Å². The average molecular weight is 359 g/mol. The van der Waals surface area contributed by atoms with E-state index >= 15 is 0 Å². The fourth-order valence-corrected chi connectivity index (χ4v) is 2.13. The van der Waals surface area contributed by atoms with Crippen LogP contribution in [0.25, 0.3) is 11.1 Å². The van der Waals surface area contributed by atoms with E-state index in [9.17, 15) is 19.7 Å². The number of ether oxygens (including phenoxy) is 2. The summed E-state index contributed by atoms with van der Waals surface area (Å²) < 4.78 is 10.1. The van der Waals surface area contributed by atoms with Crippen LogP contribution in [0.15, 0.2) is 42.5 Å². The van der Waals surface area contributed by atoms with Crippen LogP contribution in [0.1, 0.15) is 31.1 Å². The van der Waals surface area contributed by atoms with Crippen molar-refractivity contribution in [2.45, 2.75) is 26.4 Å². The third-order valence-electron chi connectivity index (χ3n) is 3.20. The summed E-state index contributed by atoms with van der Waals surface area (Å²) in [5.41, 5.74) is -0.498. The van der Waals surface area contributed by atoms with Crippen LogP contribution in [0.3, 0.4) is 0 Å². The highest BCUT2D eigenvalue weighted by molar-refractivity contribution is 5.93. The molecule has 0 spiro atoms. The number of nitro groups is 1. The zero-order valence-corrected chi connectivity index (χ0v) is 14.4. The van der Waals surface area contributed by atoms with E-state index in [1.807, 2.05) is 0 Å². The standard InChI is InChI=1S/C18H17NO7/c1-18(2,3)26-17(22)25-13-7-4-11(5-8-13)12-6-9-14(16(20)21)15(10-12)19(23)24/h4-10H,1-3H3,(H,20,21). The van der Waals surface area contributed by atoms with Crippen molar-refractivity contribution in [2.75, 3.05) is 0 Å². The van der Waals surface area contributed by atoms with Gasteiger partial charge in [-0.1, -0.05) is 18.2 Å². The van der Waals surface area contributed by atoms with Gasteiger partial charge in [0.15, 0.2) is 0 Å². The van der Waals surface area contributed by atoms with E-state index in [1.54, 1.807) is 32.9 Å². The summed E-state index contributed by atoms with van der Waals surface area (Å²) in [6.45, 7) is 5.14. The third-order valence-corrected chi connectivity index (χ3v) is 3.20. The van der Waals surface area contributed by atoms with Crippen molar-refractivity contribution in [2.24, 2.45) is 0 Å². The smallest absolute Gasteiger partial charge is 0.477 e. The number of carbonyl (C=O) groups excluding carboxylic acids is 1. The highest BCUT2D eigenvalue weighted by atomic mass is 16.7. The normalized spacial score (nSPS) is 10.9. The van der Waals surface area contributed by atoms with E-state index in [0.717, 1.165) is 0 Å². The Balaban J connectivity index is 2.23. The first-order valence-corrected chi connectivity index (χ1v) is 7.60. The van der Waals surface area contributed by atoms with E-state index in [0.29, 0.717) is 11.1 Å². The lowest BCUT2D eigenvalue weighted by molar-refractivity contribution is -0.385. The molecule has 2 aromatic carbocycles. The number of nitrogens with zero attached hydrogens (tertiary/aromatic N) is 1. The first kappa shape index (κ1) is 18.9. The van der Waals surface area contributed by atoms with Crippen molar-refractivity contribution in [3.63, 3.8) is 0 Å². The molecule has 8 heteroatoms. The van der Waals surface area contributed by atoms with Crippen LogP contribution >= 0.6 is 0 Å². The van der Waals surface area contributed by atoms with Crippen LogP contribution in [-0.2, 0) is 4.74 Å². The summed E-state index contributed by atoms with van der Waals surface area (Å²) in [5, 5.41) is 20.1. The minimum atomic E-state index is -1.37. The van der Waals surface area contributed by atoms with E-state index in [4.69, 9.17) is 14.6 Å². The van der Waals surface area contributed by atoms with E-state index in [1.165, 1.54) is 30.3 Å². The molecular weight excluding hydrogens is 342 g/mol. The van der Waals surface area contributed by atoms with E-state index < -0.39 is 28.3 Å². The first-order chi connectivity index (χ1) is 12.1. The maximum absolute atomic E-state index is 11.6. The Kier molecular flexibility index (Phi) is 5.25. The summed E-state index contributed by atoms with van der Waals surface area (Å²) in [5.74, 6) is -1.12. The molecule has 0 fully saturated rings. The predicted molar refractivity (Wildman–Crippen MR) is 92.4 cm³/mol. The quantitative estimate of drug-likeness (QED) is 0.375. The number of hydrogen-bond acceptors (Lipinski definition) is 6. The SMILES string of the molecule is CC(C)(C)OC(=O)Oc1ccc(-c2ccc(C(=O)O)c([N+](=O)[O-])c2)cc1. The van der Waals surface area contributed by atoms with Crippen molar-refractivity contribution < 1.29 is 29.1 Å². The van der Waals surface area contributed by atoms with E-state index in [-0.39, 0.29) is 11.3 Å². The highest BCUT2D eigenvalue weighted by Crippen LogP contribution is 2.28. The van der Waals surface area contributed by atoms with Gasteiger partial charge in [-0.3, -0.25) is 10.1 Å². The van der Waals surface area contributed by atoms with Crippen LogP contribution < -0.4 is 4.74 Å². The molecule has 0 aliphatic rings. The molecule has 2 aromatic rings. The molecule has 0 aromatic heterocycles. The van der Waals surface area contributed by atoms with Gasteiger partial charge in [0.1, 0.15) is 16.9 Å². The molecule has 0 unspecified atom stereocenters. The second kappa shape index (κ2) is 7.22. The van der Waals surface area contributed by atoms with Gasteiger partial charge < -0.3 is 14.6 Å². The van der Waals surface area contributed by atoms with Gasteiger partial charge in [-0.2, -0.15) is 0 Å². The van der Waals surface area contributed by atoms with Crippen LogP contribution in [0.2, 0.25) is 0 Å². The minimum Gasteiger partial charge on any atom is -0.477 e. The Hall–Kier alpha value is -3.42. The van der Waals surface area contributed by atoms with Crippen molar-refractivity contribution in [1.82, 2.24) is 0 Å². The van der Waals surface area contributed by atoms with Crippen molar-refractivity contribution in [3.8, 4) is 16.9 Å². The zero-order chi connectivity index (χ0) is 19.5. The first-order valence-electron chi connectivity index (χ1n) is 7.60. The molecule has 0 amide bonds. The minimum absolute atomic E-state index is 0.250. The Labute approximate surface area is 149 Å². The highest BCUT2D eigenvalue weighted by Gasteiger charge is 2.21. The molecule has 0 bridgehead atoms. The molecular formula is C18H17NO7. The fraction of sp³-hybridized carbons (Fsp3) is 0.222. The number of benzene rings is 2. The van der Waals surface area contributed by atoms with Crippen LogP contribution in [-0.4, -0.2) is 27.8 Å². The molecule has 0 aliphatic carbocycles. The maximum Gasteiger partial charge on any atom is 0.514 e. The number of carboxylic acid groups (broad SMARTS) is 1. The lowest BCUT2D eigenvalue weighted by Crippen LogP contribution is -2.25. The molecule has 136 valence electrons. The molecule has 0 heterocycles. The number of nitro benzene ring substituents is 1. The lowest BCUT2D eigenvalue weighted by Gasteiger charge is -2.18. The topological polar surface area (TPSA) is 116 Å². The summed E-state index contributed by atoms with van der Waals surface area (Å²) in [4.78, 5) is 33.0. The fourth-order valence-electron chi connectivity index (χ4n) is 2.13. The number of rotatable bonds is 4. The van der Waals surface area contributed by atoms with Gasteiger partial charge in [0.2, 0.25) is 0 Å². The Bertz CT molecular complexity index is 851. The summed E-state index contributed by atoms with van der Waals surface area (Å²) in [6, 6.07) is 10.1. The van der Waals surface area contributed by atoms with Gasteiger partial charge in [-0.25, -0.2) is 9.59 Å². The Morgan fingerprint density at radius 3 is 2.12 bits per heavy atom.